The molecule has 5 nitrogen and oxygen atoms in total. The largest absolute Gasteiger partial charge is 0.416 e. The molecule has 0 fully saturated rings. The Morgan fingerprint density at radius 2 is 1.57 bits per heavy atom. The van der Waals surface area contributed by atoms with Gasteiger partial charge in [-0.2, -0.15) is 18.3 Å². The second kappa shape index (κ2) is 8.02. The van der Waals surface area contributed by atoms with Crippen LogP contribution in [0.3, 0.4) is 0 Å². The number of aromatic nitrogens is 2. The fourth-order valence-electron chi connectivity index (χ4n) is 2.64. The molecule has 158 valence electrons. The summed E-state index contributed by atoms with van der Waals surface area (Å²) in [7, 11) is 0. The Morgan fingerprint density at radius 1 is 0.967 bits per heavy atom. The van der Waals surface area contributed by atoms with Crippen molar-refractivity contribution in [3.05, 3.63) is 70.9 Å². The van der Waals surface area contributed by atoms with Crippen LogP contribution >= 0.6 is 11.6 Å². The first-order valence-electron chi connectivity index (χ1n) is 9.05. The standard InChI is InChI=1S/C21H20ClF3N4O/c1-20(2,3)17-12-18(27-19(30)26-15-8-6-14(22)7-9-15)29(28-17)16-10-4-13(5-11-16)21(23,24)25/h4-12H,1-3H3,(H2,26,27,30). The smallest absolute Gasteiger partial charge is 0.308 e. The molecule has 0 atom stereocenters. The predicted molar refractivity (Wildman–Crippen MR) is 111 cm³/mol. The SMILES string of the molecule is CC(C)(C)c1cc(NC(=O)Nc2ccc(Cl)cc2)n(-c2ccc(C(F)(F)F)cc2)n1. The van der Waals surface area contributed by atoms with E-state index in [0.717, 1.165) is 12.1 Å². The molecule has 0 spiro atoms. The number of hydrogen-bond acceptors (Lipinski definition) is 2. The number of rotatable bonds is 3. The van der Waals surface area contributed by atoms with Crippen LogP contribution in [-0.2, 0) is 11.6 Å². The Balaban J connectivity index is 1.90. The number of nitrogens with zero attached hydrogens (tertiary/aromatic N) is 2. The molecule has 0 radical (unpaired) electrons. The van der Waals surface area contributed by atoms with Crippen LogP contribution in [0.1, 0.15) is 32.0 Å². The van der Waals surface area contributed by atoms with E-state index < -0.39 is 17.8 Å². The van der Waals surface area contributed by atoms with Gasteiger partial charge in [0.05, 0.1) is 16.9 Å². The number of carbonyl (C=O) groups excluding carboxylic acids is 1. The molecule has 2 N–H and O–H groups in total. The van der Waals surface area contributed by atoms with E-state index in [1.165, 1.54) is 16.8 Å². The first-order valence-corrected chi connectivity index (χ1v) is 9.43. The van der Waals surface area contributed by atoms with E-state index in [-0.39, 0.29) is 5.41 Å². The minimum atomic E-state index is -4.43. The van der Waals surface area contributed by atoms with Crippen molar-refractivity contribution in [3.8, 4) is 5.69 Å². The van der Waals surface area contributed by atoms with Crippen molar-refractivity contribution in [1.82, 2.24) is 9.78 Å². The normalized spacial score (nSPS) is 12.0. The van der Waals surface area contributed by atoms with Crippen LogP contribution in [0.2, 0.25) is 5.02 Å². The fraction of sp³-hybridized carbons (Fsp3) is 0.238. The van der Waals surface area contributed by atoms with Gasteiger partial charge in [0.25, 0.3) is 0 Å². The van der Waals surface area contributed by atoms with E-state index in [1.807, 2.05) is 20.8 Å². The van der Waals surface area contributed by atoms with Gasteiger partial charge in [-0.05, 0) is 48.5 Å². The molecule has 2 amide bonds. The molecule has 3 aromatic rings. The Labute approximate surface area is 176 Å². The number of amides is 2. The lowest BCUT2D eigenvalue weighted by Crippen LogP contribution is -2.21. The van der Waals surface area contributed by atoms with Crippen LogP contribution in [0.25, 0.3) is 5.69 Å². The predicted octanol–water partition coefficient (Wildman–Crippen LogP) is 6.49. The highest BCUT2D eigenvalue weighted by Crippen LogP contribution is 2.31. The van der Waals surface area contributed by atoms with Crippen molar-refractivity contribution in [1.29, 1.82) is 0 Å². The van der Waals surface area contributed by atoms with E-state index in [1.54, 1.807) is 30.3 Å². The third-order valence-electron chi connectivity index (χ3n) is 4.26. The van der Waals surface area contributed by atoms with Crippen molar-refractivity contribution in [2.24, 2.45) is 0 Å². The molecule has 1 aromatic heterocycles. The van der Waals surface area contributed by atoms with Gasteiger partial charge in [0.1, 0.15) is 5.82 Å². The van der Waals surface area contributed by atoms with Crippen LogP contribution in [0.5, 0.6) is 0 Å². The first-order chi connectivity index (χ1) is 13.9. The molecule has 0 bridgehead atoms. The Morgan fingerprint density at radius 3 is 2.10 bits per heavy atom. The summed E-state index contributed by atoms with van der Waals surface area (Å²) in [5, 5.41) is 10.4. The molecule has 1 heterocycles. The molecule has 0 saturated carbocycles. The van der Waals surface area contributed by atoms with E-state index in [4.69, 9.17) is 11.6 Å². The molecule has 0 aliphatic heterocycles. The average molecular weight is 437 g/mol. The highest BCUT2D eigenvalue weighted by Gasteiger charge is 2.30. The maximum Gasteiger partial charge on any atom is 0.416 e. The number of alkyl halides is 3. The second-order valence-electron chi connectivity index (χ2n) is 7.71. The van der Waals surface area contributed by atoms with E-state index in [9.17, 15) is 18.0 Å². The monoisotopic (exact) mass is 436 g/mol. The van der Waals surface area contributed by atoms with Crippen LogP contribution in [0, 0.1) is 0 Å². The summed E-state index contributed by atoms with van der Waals surface area (Å²) in [6, 6.07) is 12.3. The van der Waals surface area contributed by atoms with Crippen molar-refractivity contribution < 1.29 is 18.0 Å². The van der Waals surface area contributed by atoms with Gasteiger partial charge < -0.3 is 5.32 Å². The fourth-order valence-corrected chi connectivity index (χ4v) is 2.76. The molecule has 0 saturated heterocycles. The van der Waals surface area contributed by atoms with Gasteiger partial charge in [-0.15, -0.1) is 0 Å². The minimum Gasteiger partial charge on any atom is -0.308 e. The lowest BCUT2D eigenvalue weighted by atomic mass is 9.92. The Hall–Kier alpha value is -3.00. The number of nitrogens with one attached hydrogen (secondary N) is 2. The highest BCUT2D eigenvalue weighted by molar-refractivity contribution is 6.30. The number of halogens is 4. The summed E-state index contributed by atoms with van der Waals surface area (Å²) in [5.74, 6) is 0.325. The maximum absolute atomic E-state index is 12.9. The molecule has 30 heavy (non-hydrogen) atoms. The summed E-state index contributed by atoms with van der Waals surface area (Å²) < 4.78 is 40.0. The lowest BCUT2D eigenvalue weighted by molar-refractivity contribution is -0.137. The molecular formula is C21H20ClF3N4O. The number of hydrogen-bond donors (Lipinski definition) is 2. The molecule has 2 aromatic carbocycles. The first kappa shape index (κ1) is 21.7. The lowest BCUT2D eigenvalue weighted by Gasteiger charge is -2.14. The molecule has 3 rings (SSSR count). The molecule has 0 unspecified atom stereocenters. The van der Waals surface area contributed by atoms with Crippen LogP contribution in [-0.4, -0.2) is 15.8 Å². The minimum absolute atomic E-state index is 0.325. The third kappa shape index (κ3) is 5.13. The zero-order chi connectivity index (χ0) is 22.1. The molecular weight excluding hydrogens is 417 g/mol. The third-order valence-corrected chi connectivity index (χ3v) is 4.51. The van der Waals surface area contributed by atoms with Gasteiger partial charge in [-0.3, -0.25) is 5.32 Å². The topological polar surface area (TPSA) is 59.0 Å². The summed E-state index contributed by atoms with van der Waals surface area (Å²) in [6.07, 6.45) is -4.43. The van der Waals surface area contributed by atoms with Crippen molar-refractivity contribution in [2.75, 3.05) is 10.6 Å². The van der Waals surface area contributed by atoms with Gasteiger partial charge in [0, 0.05) is 22.2 Å². The van der Waals surface area contributed by atoms with E-state index in [0.29, 0.717) is 27.9 Å². The maximum atomic E-state index is 12.9. The Kier molecular flexibility index (Phi) is 5.81. The molecule has 9 heteroatoms. The summed E-state index contributed by atoms with van der Waals surface area (Å²) in [4.78, 5) is 12.4. The van der Waals surface area contributed by atoms with E-state index >= 15 is 0 Å². The van der Waals surface area contributed by atoms with Crippen LogP contribution < -0.4 is 10.6 Å². The van der Waals surface area contributed by atoms with Crippen molar-refractivity contribution >= 4 is 29.1 Å². The number of carbonyl (C=O) groups is 1. The van der Waals surface area contributed by atoms with Crippen molar-refractivity contribution in [2.45, 2.75) is 32.4 Å². The summed E-state index contributed by atoms with van der Waals surface area (Å²) in [6.45, 7) is 5.85. The summed E-state index contributed by atoms with van der Waals surface area (Å²) >= 11 is 5.84. The summed E-state index contributed by atoms with van der Waals surface area (Å²) in [5.41, 5.74) is 0.503. The Bertz CT molecular complexity index is 1040. The van der Waals surface area contributed by atoms with Crippen LogP contribution in [0.15, 0.2) is 54.6 Å². The highest BCUT2D eigenvalue weighted by atomic mass is 35.5. The zero-order valence-corrected chi connectivity index (χ0v) is 17.3. The molecule has 0 aliphatic rings. The van der Waals surface area contributed by atoms with Crippen molar-refractivity contribution in [3.63, 3.8) is 0 Å². The molecule has 0 aliphatic carbocycles. The number of benzene rings is 2. The van der Waals surface area contributed by atoms with E-state index in [2.05, 4.69) is 15.7 Å². The average Bonchev–Trinajstić information content (AvgIpc) is 3.07. The van der Waals surface area contributed by atoms with Gasteiger partial charge >= 0.3 is 12.2 Å². The van der Waals surface area contributed by atoms with Gasteiger partial charge in [0.2, 0.25) is 0 Å². The second-order valence-corrected chi connectivity index (χ2v) is 8.14. The van der Waals surface area contributed by atoms with Gasteiger partial charge in [-0.25, -0.2) is 9.48 Å². The van der Waals surface area contributed by atoms with Crippen LogP contribution in [0.4, 0.5) is 29.5 Å². The zero-order valence-electron chi connectivity index (χ0n) is 16.5. The quantitative estimate of drug-likeness (QED) is 0.493. The van der Waals surface area contributed by atoms with Gasteiger partial charge in [-0.1, -0.05) is 32.4 Å². The van der Waals surface area contributed by atoms with Gasteiger partial charge in [0.15, 0.2) is 0 Å². The number of anilines is 2. The number of urea groups is 1.